The zero-order valence-electron chi connectivity index (χ0n) is 16.9. The van der Waals surface area contributed by atoms with Crippen molar-refractivity contribution in [3.05, 3.63) is 71.4 Å². The molecule has 1 aliphatic heterocycles. The van der Waals surface area contributed by atoms with Crippen LogP contribution in [0, 0.1) is 5.92 Å². The van der Waals surface area contributed by atoms with E-state index < -0.39 is 0 Å². The Morgan fingerprint density at radius 1 is 1.14 bits per heavy atom. The van der Waals surface area contributed by atoms with Crippen molar-refractivity contribution in [1.82, 2.24) is 10.4 Å². The summed E-state index contributed by atoms with van der Waals surface area (Å²) in [4.78, 5) is 4.68. The first kappa shape index (κ1) is 20.0. The summed E-state index contributed by atoms with van der Waals surface area (Å²) in [6.07, 6.45) is 6.00. The van der Waals surface area contributed by atoms with Gasteiger partial charge in [-0.15, -0.1) is 0 Å². The topological polar surface area (TPSA) is 57.1 Å². The molecule has 0 aromatic heterocycles. The van der Waals surface area contributed by atoms with Crippen LogP contribution >= 0.6 is 0 Å². The molecule has 0 fully saturated rings. The quantitative estimate of drug-likeness (QED) is 0.730. The second-order valence-electron chi connectivity index (χ2n) is 7.43. The summed E-state index contributed by atoms with van der Waals surface area (Å²) in [7, 11) is 1.56. The van der Waals surface area contributed by atoms with Crippen molar-refractivity contribution >= 4 is 5.71 Å². The molecule has 0 radical (unpaired) electrons. The van der Waals surface area contributed by atoms with Crippen molar-refractivity contribution in [2.75, 3.05) is 20.3 Å². The number of ether oxygens (including phenoxy) is 1. The molecule has 28 heavy (non-hydrogen) atoms. The van der Waals surface area contributed by atoms with Crippen molar-refractivity contribution in [2.45, 2.75) is 26.7 Å². The lowest BCUT2D eigenvalue weighted by molar-refractivity contribution is 0.278. The normalized spacial score (nSPS) is 13.7. The van der Waals surface area contributed by atoms with Gasteiger partial charge in [0.25, 0.3) is 0 Å². The van der Waals surface area contributed by atoms with E-state index in [4.69, 9.17) is 4.74 Å². The lowest BCUT2D eigenvalue weighted by Gasteiger charge is -2.23. The Hall–Kier alpha value is -2.79. The first-order chi connectivity index (χ1) is 13.5. The van der Waals surface area contributed by atoms with E-state index >= 15 is 0 Å². The Bertz CT molecular complexity index is 841. The van der Waals surface area contributed by atoms with Crippen molar-refractivity contribution < 1.29 is 9.84 Å². The van der Waals surface area contributed by atoms with Gasteiger partial charge >= 0.3 is 0 Å². The summed E-state index contributed by atoms with van der Waals surface area (Å²) >= 11 is 0. The smallest absolute Gasteiger partial charge is 0.160 e. The average molecular weight is 380 g/mol. The van der Waals surface area contributed by atoms with E-state index in [1.54, 1.807) is 13.2 Å². The zero-order chi connectivity index (χ0) is 19.9. The van der Waals surface area contributed by atoms with Crippen LogP contribution < -0.4 is 10.2 Å². The number of benzene rings is 2. The Balaban J connectivity index is 1.48. The molecule has 2 N–H and O–H groups in total. The lowest BCUT2D eigenvalue weighted by atomic mass is 10.0. The van der Waals surface area contributed by atoms with E-state index in [-0.39, 0.29) is 5.75 Å². The number of nitrogens with zero attached hydrogens (tertiary/aromatic N) is 2. The molecule has 0 saturated carbocycles. The Morgan fingerprint density at radius 2 is 1.89 bits per heavy atom. The van der Waals surface area contributed by atoms with Crippen LogP contribution in [-0.4, -0.2) is 36.2 Å². The molecule has 1 aliphatic rings. The summed E-state index contributed by atoms with van der Waals surface area (Å²) in [6.45, 7) is 5.83. The third kappa shape index (κ3) is 5.36. The van der Waals surface area contributed by atoms with E-state index in [0.717, 1.165) is 36.2 Å². The van der Waals surface area contributed by atoms with Crippen LogP contribution in [0.4, 0.5) is 0 Å². The minimum Gasteiger partial charge on any atom is -0.504 e. The van der Waals surface area contributed by atoms with Crippen LogP contribution in [0.3, 0.4) is 0 Å². The minimum atomic E-state index is 0.164. The number of rotatable bonds is 8. The number of hydrogen-bond donors (Lipinski definition) is 2. The highest BCUT2D eigenvalue weighted by atomic mass is 16.5. The summed E-state index contributed by atoms with van der Waals surface area (Å²) in [5.74, 6) is 1.33. The van der Waals surface area contributed by atoms with Gasteiger partial charge in [-0.1, -0.05) is 44.2 Å². The van der Waals surface area contributed by atoms with Crippen molar-refractivity contribution in [1.29, 1.82) is 0 Å². The molecule has 0 aliphatic carbocycles. The van der Waals surface area contributed by atoms with Crippen LogP contribution in [0.1, 0.15) is 30.5 Å². The maximum absolute atomic E-state index is 9.66. The predicted molar refractivity (Wildman–Crippen MR) is 114 cm³/mol. The molecular weight excluding hydrogens is 350 g/mol. The van der Waals surface area contributed by atoms with Gasteiger partial charge in [-0.3, -0.25) is 10.0 Å². The fourth-order valence-electron chi connectivity index (χ4n) is 3.21. The van der Waals surface area contributed by atoms with Gasteiger partial charge < -0.3 is 9.84 Å². The number of phenolic OH excluding ortho intramolecular Hbond substituents is 1. The van der Waals surface area contributed by atoms with Gasteiger partial charge in [0.05, 0.1) is 12.8 Å². The second kappa shape index (κ2) is 9.42. The molecule has 2 aromatic carbocycles. The average Bonchev–Trinajstić information content (AvgIpc) is 2.70. The van der Waals surface area contributed by atoms with E-state index in [1.165, 1.54) is 5.56 Å². The third-order valence-electron chi connectivity index (χ3n) is 4.67. The molecule has 1 heterocycles. The molecular formula is C23H29N3O2. The molecule has 5 nitrogen and oxygen atoms in total. The van der Waals surface area contributed by atoms with Crippen molar-refractivity contribution in [3.63, 3.8) is 0 Å². The maximum Gasteiger partial charge on any atom is 0.160 e. The molecule has 148 valence electrons. The predicted octanol–water partition coefficient (Wildman–Crippen LogP) is 3.92. The van der Waals surface area contributed by atoms with E-state index in [1.807, 2.05) is 29.4 Å². The molecule has 5 heteroatoms. The van der Waals surface area contributed by atoms with Gasteiger partial charge in [-0.25, -0.2) is 5.43 Å². The molecule has 2 aromatic rings. The third-order valence-corrected chi connectivity index (χ3v) is 4.67. The van der Waals surface area contributed by atoms with Gasteiger partial charge in [0, 0.05) is 12.7 Å². The van der Waals surface area contributed by atoms with Crippen LogP contribution in [0.25, 0.3) is 0 Å². The number of phenols is 1. The lowest BCUT2D eigenvalue weighted by Crippen LogP contribution is -2.37. The Morgan fingerprint density at radius 3 is 2.54 bits per heavy atom. The number of aromatic hydroxyl groups is 1. The molecule has 0 bridgehead atoms. The highest BCUT2D eigenvalue weighted by Gasteiger charge is 2.09. The summed E-state index contributed by atoms with van der Waals surface area (Å²) in [5.41, 5.74) is 8.00. The SMILES string of the molecule is COc1cc(CCNN2C=CC(c3ccc(CC(C)C)cc3)=NC2)ccc1O. The second-order valence-corrected chi connectivity index (χ2v) is 7.43. The van der Waals surface area contributed by atoms with Crippen LogP contribution in [0.5, 0.6) is 11.5 Å². The first-order valence-electron chi connectivity index (χ1n) is 9.73. The fourth-order valence-corrected chi connectivity index (χ4v) is 3.21. The molecule has 0 atom stereocenters. The van der Waals surface area contributed by atoms with Gasteiger partial charge in [-0.2, -0.15) is 0 Å². The molecule has 0 unspecified atom stereocenters. The van der Waals surface area contributed by atoms with Gasteiger partial charge in [-0.05, 0) is 53.7 Å². The van der Waals surface area contributed by atoms with E-state index in [2.05, 4.69) is 48.5 Å². The monoisotopic (exact) mass is 379 g/mol. The van der Waals surface area contributed by atoms with E-state index in [9.17, 15) is 5.11 Å². The molecule has 0 amide bonds. The summed E-state index contributed by atoms with van der Waals surface area (Å²) in [6, 6.07) is 14.1. The van der Waals surface area contributed by atoms with Gasteiger partial charge in [0.1, 0.15) is 6.67 Å². The number of methoxy groups -OCH3 is 1. The number of hydrazine groups is 1. The largest absolute Gasteiger partial charge is 0.504 e. The first-order valence-corrected chi connectivity index (χ1v) is 9.73. The Labute approximate surface area is 167 Å². The van der Waals surface area contributed by atoms with Crippen LogP contribution in [0.15, 0.2) is 59.7 Å². The molecule has 0 saturated heterocycles. The summed E-state index contributed by atoms with van der Waals surface area (Å²) < 4.78 is 5.15. The summed E-state index contributed by atoms with van der Waals surface area (Å²) in [5, 5.41) is 11.6. The fraction of sp³-hybridized carbons (Fsp3) is 0.348. The Kier molecular flexibility index (Phi) is 6.71. The number of hydrogen-bond acceptors (Lipinski definition) is 5. The van der Waals surface area contributed by atoms with Crippen molar-refractivity contribution in [2.24, 2.45) is 10.9 Å². The van der Waals surface area contributed by atoms with E-state index in [0.29, 0.717) is 18.3 Å². The number of allylic oxidation sites excluding steroid dienone is 1. The van der Waals surface area contributed by atoms with Crippen molar-refractivity contribution in [3.8, 4) is 11.5 Å². The molecule has 3 rings (SSSR count). The highest BCUT2D eigenvalue weighted by Crippen LogP contribution is 2.26. The highest BCUT2D eigenvalue weighted by molar-refractivity contribution is 6.08. The van der Waals surface area contributed by atoms with Gasteiger partial charge in [0.15, 0.2) is 11.5 Å². The minimum absolute atomic E-state index is 0.164. The number of aliphatic imine (C=N–C) groups is 1. The molecule has 0 spiro atoms. The van der Waals surface area contributed by atoms with Crippen LogP contribution in [0.2, 0.25) is 0 Å². The standard InChI is InChI=1S/C23H29N3O2/c1-17(2)14-18-4-7-20(8-5-18)21-11-13-26(16-24-21)25-12-10-19-6-9-22(27)23(15-19)28-3/h4-9,11,13,15,17,25,27H,10,12,14,16H2,1-3H3. The maximum atomic E-state index is 9.66. The van der Waals surface area contributed by atoms with Gasteiger partial charge in [0.2, 0.25) is 0 Å². The van der Waals surface area contributed by atoms with Crippen LogP contribution in [-0.2, 0) is 12.8 Å². The number of nitrogens with one attached hydrogen (secondary N) is 1. The zero-order valence-corrected chi connectivity index (χ0v) is 16.9.